The van der Waals surface area contributed by atoms with Crippen LogP contribution in [-0.4, -0.2) is 15.0 Å². The summed E-state index contributed by atoms with van der Waals surface area (Å²) in [7, 11) is 0. The minimum absolute atomic E-state index is 0.675. The van der Waals surface area contributed by atoms with Crippen LogP contribution in [0.15, 0.2) is 212 Å². The van der Waals surface area contributed by atoms with Crippen molar-refractivity contribution in [3.8, 4) is 67.4 Å². The van der Waals surface area contributed by atoms with Crippen LogP contribution in [0.2, 0.25) is 0 Å². The van der Waals surface area contributed by atoms with Crippen molar-refractivity contribution in [1.29, 1.82) is 0 Å². The van der Waals surface area contributed by atoms with Crippen LogP contribution in [0.25, 0.3) is 111 Å². The Morgan fingerprint density at radius 3 is 1.47 bits per heavy atom. The van der Waals surface area contributed by atoms with Gasteiger partial charge < -0.3 is 0 Å². The van der Waals surface area contributed by atoms with E-state index < -0.39 is 0 Å². The van der Waals surface area contributed by atoms with E-state index in [9.17, 15) is 0 Å². The zero-order chi connectivity index (χ0) is 38.4. The van der Waals surface area contributed by atoms with Crippen molar-refractivity contribution in [3.05, 3.63) is 212 Å². The third kappa shape index (κ3) is 5.80. The number of hydrogen-bond donors (Lipinski definition) is 0. The van der Waals surface area contributed by atoms with Crippen molar-refractivity contribution in [3.63, 3.8) is 0 Å². The van der Waals surface area contributed by atoms with Crippen molar-refractivity contribution >= 4 is 43.1 Å². The molecule has 3 nitrogen and oxygen atoms in total. The van der Waals surface area contributed by atoms with Crippen molar-refractivity contribution in [2.24, 2.45) is 0 Å². The monoisotopic (exact) mass is 737 g/mol. The van der Waals surface area contributed by atoms with E-state index in [2.05, 4.69) is 187 Å². The summed E-state index contributed by atoms with van der Waals surface area (Å²) in [6.45, 7) is 0. The molecule has 2 heterocycles. The maximum atomic E-state index is 5.27. The van der Waals surface area contributed by atoms with E-state index in [1.54, 1.807) is 0 Å². The molecule has 3 heteroatoms. The molecule has 0 saturated carbocycles. The number of aromatic nitrogens is 3. The maximum absolute atomic E-state index is 5.27. The molecule has 58 heavy (non-hydrogen) atoms. The largest absolute Gasteiger partial charge is 0.256 e. The molecule has 0 spiro atoms. The number of pyridine rings is 1. The maximum Gasteiger partial charge on any atom is 0.160 e. The van der Waals surface area contributed by atoms with Crippen LogP contribution in [0.3, 0.4) is 0 Å². The lowest BCUT2D eigenvalue weighted by atomic mass is 9.83. The lowest BCUT2D eigenvalue weighted by molar-refractivity contribution is 1.18. The van der Waals surface area contributed by atoms with E-state index in [0.29, 0.717) is 5.82 Å². The SMILES string of the molecule is c1ccc(-c2cc(-c3cccc(-c4ccccn4)c3)nc(-c3cccc(-c4c5ccccc5c(-c5cc6ccccc6c6ccccc56)c5ccccc45)c3)n2)cc1. The molecule has 2 aromatic heterocycles. The summed E-state index contributed by atoms with van der Waals surface area (Å²) in [6, 6.07) is 73.3. The Morgan fingerprint density at radius 1 is 0.276 bits per heavy atom. The Kier molecular flexibility index (Phi) is 8.15. The minimum Gasteiger partial charge on any atom is -0.256 e. The molecule has 11 rings (SSSR count). The first kappa shape index (κ1) is 33.6. The summed E-state index contributed by atoms with van der Waals surface area (Å²) in [4.78, 5) is 15.1. The summed E-state index contributed by atoms with van der Waals surface area (Å²) in [6.07, 6.45) is 1.83. The summed E-state index contributed by atoms with van der Waals surface area (Å²) < 4.78 is 0. The van der Waals surface area contributed by atoms with E-state index in [0.717, 1.165) is 44.9 Å². The lowest BCUT2D eigenvalue weighted by Crippen LogP contribution is -1.97. The van der Waals surface area contributed by atoms with E-state index >= 15 is 0 Å². The van der Waals surface area contributed by atoms with Gasteiger partial charge in [0.05, 0.1) is 17.1 Å². The van der Waals surface area contributed by atoms with Crippen LogP contribution in [0.5, 0.6) is 0 Å². The number of benzene rings is 9. The normalized spacial score (nSPS) is 11.4. The van der Waals surface area contributed by atoms with Crippen molar-refractivity contribution in [1.82, 2.24) is 15.0 Å². The second-order valence-electron chi connectivity index (χ2n) is 14.7. The Morgan fingerprint density at radius 2 is 0.776 bits per heavy atom. The highest BCUT2D eigenvalue weighted by Gasteiger charge is 2.20. The van der Waals surface area contributed by atoms with Crippen LogP contribution in [0, 0.1) is 0 Å². The molecule has 0 aliphatic rings. The van der Waals surface area contributed by atoms with E-state index in [4.69, 9.17) is 9.97 Å². The second kappa shape index (κ2) is 14.1. The number of hydrogen-bond acceptors (Lipinski definition) is 3. The first-order valence-electron chi connectivity index (χ1n) is 19.7. The van der Waals surface area contributed by atoms with Crippen LogP contribution < -0.4 is 0 Å². The standard InChI is InChI=1S/C55H35N3/c1-2-16-36(17-3-1)51-35-52(39-20-14-19-38(32-39)50-30-12-13-31-56-50)58-55(57-51)41-22-15-21-40(33-41)53-45-26-8-10-28-47(45)54(48-29-11-9-27-46(48)53)49-34-37-18-4-5-23-42(37)43-24-6-7-25-44(43)49/h1-35H. The van der Waals surface area contributed by atoms with Gasteiger partial charge in [0, 0.05) is 28.5 Å². The van der Waals surface area contributed by atoms with Crippen LogP contribution in [0.4, 0.5) is 0 Å². The average molecular weight is 738 g/mol. The molecule has 0 N–H and O–H groups in total. The summed E-state index contributed by atoms with van der Waals surface area (Å²) in [5.41, 5.74) is 11.5. The number of fused-ring (bicyclic) bond motifs is 5. The Hall–Kier alpha value is -7.75. The molecule has 9 aromatic carbocycles. The molecule has 0 amide bonds. The van der Waals surface area contributed by atoms with Gasteiger partial charge in [0.15, 0.2) is 5.82 Å². The molecule has 0 saturated heterocycles. The molecule has 11 aromatic rings. The van der Waals surface area contributed by atoms with Gasteiger partial charge in [0.2, 0.25) is 0 Å². The molecule has 0 bridgehead atoms. The van der Waals surface area contributed by atoms with E-state index in [1.165, 1.54) is 59.8 Å². The van der Waals surface area contributed by atoms with E-state index in [1.807, 2.05) is 30.5 Å². The van der Waals surface area contributed by atoms with Gasteiger partial charge in [-0.25, -0.2) is 9.97 Å². The van der Waals surface area contributed by atoms with Gasteiger partial charge in [-0.05, 0) is 102 Å². The predicted molar refractivity (Wildman–Crippen MR) is 242 cm³/mol. The van der Waals surface area contributed by atoms with Gasteiger partial charge in [-0.3, -0.25) is 4.98 Å². The fraction of sp³-hybridized carbons (Fsp3) is 0. The van der Waals surface area contributed by atoms with Crippen LogP contribution in [-0.2, 0) is 0 Å². The highest BCUT2D eigenvalue weighted by atomic mass is 14.9. The van der Waals surface area contributed by atoms with Crippen LogP contribution in [0.1, 0.15) is 0 Å². The minimum atomic E-state index is 0.675. The molecule has 0 unspecified atom stereocenters. The third-order valence-corrected chi connectivity index (χ3v) is 11.3. The zero-order valence-corrected chi connectivity index (χ0v) is 31.5. The number of nitrogens with zero attached hydrogens (tertiary/aromatic N) is 3. The van der Waals surface area contributed by atoms with Crippen molar-refractivity contribution in [2.45, 2.75) is 0 Å². The molecule has 0 atom stereocenters. The van der Waals surface area contributed by atoms with Gasteiger partial charge in [-0.15, -0.1) is 0 Å². The van der Waals surface area contributed by atoms with Crippen LogP contribution >= 0.6 is 0 Å². The van der Waals surface area contributed by atoms with Crippen molar-refractivity contribution in [2.75, 3.05) is 0 Å². The van der Waals surface area contributed by atoms with Gasteiger partial charge in [-0.1, -0.05) is 170 Å². The van der Waals surface area contributed by atoms with E-state index in [-0.39, 0.29) is 0 Å². The predicted octanol–water partition coefficient (Wildman–Crippen LogP) is 14.5. The highest BCUT2D eigenvalue weighted by molar-refractivity contribution is 6.25. The zero-order valence-electron chi connectivity index (χ0n) is 31.5. The first-order chi connectivity index (χ1) is 28.8. The molecule has 0 aliphatic carbocycles. The fourth-order valence-corrected chi connectivity index (χ4v) is 8.66. The summed E-state index contributed by atoms with van der Waals surface area (Å²) in [5, 5.41) is 9.88. The molecule has 0 radical (unpaired) electrons. The smallest absolute Gasteiger partial charge is 0.160 e. The topological polar surface area (TPSA) is 38.7 Å². The molecular formula is C55H35N3. The summed E-state index contributed by atoms with van der Waals surface area (Å²) in [5.74, 6) is 0.675. The third-order valence-electron chi connectivity index (χ3n) is 11.3. The van der Waals surface area contributed by atoms with Gasteiger partial charge >= 0.3 is 0 Å². The first-order valence-corrected chi connectivity index (χ1v) is 19.7. The second-order valence-corrected chi connectivity index (χ2v) is 14.7. The fourth-order valence-electron chi connectivity index (χ4n) is 8.66. The lowest BCUT2D eigenvalue weighted by Gasteiger charge is -2.20. The molecule has 0 aliphatic heterocycles. The number of rotatable bonds is 6. The van der Waals surface area contributed by atoms with Gasteiger partial charge in [-0.2, -0.15) is 0 Å². The molecular weight excluding hydrogens is 703 g/mol. The summed E-state index contributed by atoms with van der Waals surface area (Å²) >= 11 is 0. The van der Waals surface area contributed by atoms with Crippen molar-refractivity contribution < 1.29 is 0 Å². The average Bonchev–Trinajstić information content (AvgIpc) is 3.31. The van der Waals surface area contributed by atoms with Gasteiger partial charge in [0.25, 0.3) is 0 Å². The quantitative estimate of drug-likeness (QED) is 0.126. The Labute approximate surface area is 336 Å². The highest BCUT2D eigenvalue weighted by Crippen LogP contribution is 2.47. The Bertz CT molecular complexity index is 3280. The van der Waals surface area contributed by atoms with Gasteiger partial charge in [0.1, 0.15) is 0 Å². The Balaban J connectivity index is 1.12. The molecule has 0 fully saturated rings. The molecule has 270 valence electrons.